The molecule has 0 N–H and O–H groups in total. The molecule has 0 radical (unpaired) electrons. The van der Waals surface area contributed by atoms with Crippen LogP contribution in [0.4, 0.5) is 17.1 Å². The van der Waals surface area contributed by atoms with Crippen LogP contribution in [0.25, 0.3) is 55.0 Å². The summed E-state index contributed by atoms with van der Waals surface area (Å²) in [5.74, 6) is 0. The molecule has 2 aliphatic carbocycles. The van der Waals surface area contributed by atoms with Crippen LogP contribution in [0.1, 0.15) is 55.5 Å². The third kappa shape index (κ3) is 3.72. The molecule has 0 aliphatic heterocycles. The van der Waals surface area contributed by atoms with Crippen LogP contribution >= 0.6 is 0 Å². The van der Waals surface area contributed by atoms with Crippen LogP contribution in [-0.2, 0) is 10.8 Å². The highest BCUT2D eigenvalue weighted by Gasteiger charge is 2.39. The summed E-state index contributed by atoms with van der Waals surface area (Å²) in [7, 11) is 0. The molecule has 0 atom stereocenters. The fourth-order valence-corrected chi connectivity index (χ4v) is 9.15. The third-order valence-electron chi connectivity index (χ3n) is 11.6. The summed E-state index contributed by atoms with van der Waals surface area (Å²) >= 11 is 0. The van der Waals surface area contributed by atoms with Gasteiger partial charge < -0.3 is 9.32 Å². The number of nitrogens with zero attached hydrogens (tertiary/aromatic N) is 1. The van der Waals surface area contributed by atoms with Crippen molar-refractivity contribution in [3.8, 4) is 22.3 Å². The molecule has 8 aromatic rings. The van der Waals surface area contributed by atoms with Crippen molar-refractivity contribution in [1.29, 1.82) is 0 Å². The topological polar surface area (TPSA) is 16.4 Å². The molecule has 2 aliphatic rings. The smallest absolute Gasteiger partial charge is 0.143 e. The van der Waals surface area contributed by atoms with E-state index in [9.17, 15) is 0 Å². The van der Waals surface area contributed by atoms with Crippen LogP contribution in [0.15, 0.2) is 138 Å². The lowest BCUT2D eigenvalue weighted by molar-refractivity contribution is 0.660. The molecule has 0 unspecified atom stereocenters. The minimum Gasteiger partial charge on any atom is -0.455 e. The predicted molar refractivity (Wildman–Crippen MR) is 206 cm³/mol. The first-order valence-corrected chi connectivity index (χ1v) is 17.4. The van der Waals surface area contributed by atoms with Gasteiger partial charge in [-0.25, -0.2) is 0 Å². The highest BCUT2D eigenvalue weighted by Crippen LogP contribution is 2.56. The third-order valence-corrected chi connectivity index (χ3v) is 11.6. The molecule has 0 saturated carbocycles. The van der Waals surface area contributed by atoms with E-state index in [4.69, 9.17) is 4.42 Å². The van der Waals surface area contributed by atoms with Gasteiger partial charge in [0.1, 0.15) is 11.2 Å². The Hall–Kier alpha value is -5.60. The van der Waals surface area contributed by atoms with Gasteiger partial charge >= 0.3 is 0 Å². The van der Waals surface area contributed by atoms with E-state index in [2.05, 4.69) is 173 Å². The Morgan fingerprint density at radius 3 is 1.94 bits per heavy atom. The highest BCUT2D eigenvalue weighted by molar-refractivity contribution is 6.20. The molecule has 0 fully saturated rings. The van der Waals surface area contributed by atoms with Gasteiger partial charge in [-0.3, -0.25) is 0 Å². The first kappa shape index (κ1) is 28.4. The molecule has 0 amide bonds. The maximum Gasteiger partial charge on any atom is 0.143 e. The molecule has 10 rings (SSSR count). The van der Waals surface area contributed by atoms with Gasteiger partial charge in [0.05, 0.1) is 11.4 Å². The largest absolute Gasteiger partial charge is 0.455 e. The van der Waals surface area contributed by atoms with Crippen LogP contribution in [0, 0.1) is 6.92 Å². The molecular weight excluding hydrogens is 595 g/mol. The summed E-state index contributed by atoms with van der Waals surface area (Å²) in [5, 5.41) is 4.62. The van der Waals surface area contributed by atoms with Crippen LogP contribution in [-0.4, -0.2) is 0 Å². The SMILES string of the molecule is Cc1cccc2oc3c4ccccc4c(N(c4ccc5c(c4)C(C)(C)c4ccccc4-5)c4cccc5c4-c4ccccc4C5(C)C)cc3c12. The van der Waals surface area contributed by atoms with Crippen molar-refractivity contribution in [2.45, 2.75) is 45.4 Å². The van der Waals surface area contributed by atoms with E-state index < -0.39 is 0 Å². The van der Waals surface area contributed by atoms with E-state index in [1.54, 1.807) is 0 Å². The number of aryl methyl sites for hydroxylation is 1. The van der Waals surface area contributed by atoms with E-state index in [1.165, 1.54) is 61.1 Å². The van der Waals surface area contributed by atoms with Crippen molar-refractivity contribution in [2.24, 2.45) is 0 Å². The molecule has 0 saturated heterocycles. The molecule has 0 spiro atoms. The molecule has 1 aromatic heterocycles. The van der Waals surface area contributed by atoms with Gasteiger partial charge in [-0.1, -0.05) is 131 Å². The number of fused-ring (bicyclic) bond motifs is 11. The maximum atomic E-state index is 6.65. The molecule has 0 bridgehead atoms. The Labute approximate surface area is 287 Å². The molecular formula is C47H37NO. The number of hydrogen-bond acceptors (Lipinski definition) is 2. The number of benzene rings is 7. The summed E-state index contributed by atoms with van der Waals surface area (Å²) in [4.78, 5) is 2.54. The van der Waals surface area contributed by atoms with Gasteiger partial charge in [-0.15, -0.1) is 0 Å². The average molecular weight is 632 g/mol. The summed E-state index contributed by atoms with van der Waals surface area (Å²) in [6, 6.07) is 49.4. The second-order valence-electron chi connectivity index (χ2n) is 15.0. The monoisotopic (exact) mass is 631 g/mol. The zero-order chi connectivity index (χ0) is 33.2. The number of hydrogen-bond donors (Lipinski definition) is 0. The number of rotatable bonds is 3. The summed E-state index contributed by atoms with van der Waals surface area (Å²) in [5.41, 5.74) is 17.1. The first-order valence-electron chi connectivity index (χ1n) is 17.4. The molecule has 236 valence electrons. The Morgan fingerprint density at radius 1 is 0.490 bits per heavy atom. The summed E-state index contributed by atoms with van der Waals surface area (Å²) < 4.78 is 6.65. The van der Waals surface area contributed by atoms with Crippen LogP contribution in [0.2, 0.25) is 0 Å². The van der Waals surface area contributed by atoms with Crippen LogP contribution in [0.5, 0.6) is 0 Å². The fraction of sp³-hybridized carbons (Fsp3) is 0.149. The molecule has 2 heteroatoms. The van der Waals surface area contributed by atoms with Gasteiger partial charge in [0.15, 0.2) is 0 Å². The predicted octanol–water partition coefficient (Wildman–Crippen LogP) is 13.1. The van der Waals surface area contributed by atoms with Crippen LogP contribution in [0.3, 0.4) is 0 Å². The van der Waals surface area contributed by atoms with Crippen molar-refractivity contribution >= 4 is 49.8 Å². The van der Waals surface area contributed by atoms with Crippen molar-refractivity contribution in [2.75, 3.05) is 4.90 Å². The quantitative estimate of drug-likeness (QED) is 0.193. The average Bonchev–Trinajstić information content (AvgIpc) is 3.70. The lowest BCUT2D eigenvalue weighted by Gasteiger charge is -2.31. The molecule has 2 nitrogen and oxygen atoms in total. The molecule has 7 aromatic carbocycles. The Morgan fingerprint density at radius 2 is 1.12 bits per heavy atom. The van der Waals surface area contributed by atoms with E-state index in [1.807, 2.05) is 0 Å². The minimum absolute atomic E-state index is 0.112. The highest BCUT2D eigenvalue weighted by atomic mass is 16.3. The summed E-state index contributed by atoms with van der Waals surface area (Å²) in [6.45, 7) is 11.7. The van der Waals surface area contributed by atoms with E-state index in [-0.39, 0.29) is 10.8 Å². The second-order valence-corrected chi connectivity index (χ2v) is 15.0. The van der Waals surface area contributed by atoms with E-state index >= 15 is 0 Å². The Balaban J connectivity index is 1.34. The van der Waals surface area contributed by atoms with Crippen molar-refractivity contribution in [3.63, 3.8) is 0 Å². The zero-order valence-electron chi connectivity index (χ0n) is 28.6. The number of furan rings is 1. The van der Waals surface area contributed by atoms with Crippen molar-refractivity contribution in [1.82, 2.24) is 0 Å². The van der Waals surface area contributed by atoms with Crippen molar-refractivity contribution in [3.05, 3.63) is 161 Å². The summed E-state index contributed by atoms with van der Waals surface area (Å²) in [6.07, 6.45) is 0. The lowest BCUT2D eigenvalue weighted by Crippen LogP contribution is -2.17. The Kier molecular flexibility index (Phi) is 5.65. The normalized spacial score (nSPS) is 15.0. The van der Waals surface area contributed by atoms with E-state index in [0.717, 1.165) is 38.7 Å². The van der Waals surface area contributed by atoms with Crippen molar-refractivity contribution < 1.29 is 4.42 Å². The van der Waals surface area contributed by atoms with Gasteiger partial charge in [0, 0.05) is 43.6 Å². The van der Waals surface area contributed by atoms with Gasteiger partial charge in [-0.2, -0.15) is 0 Å². The number of anilines is 3. The van der Waals surface area contributed by atoms with Gasteiger partial charge in [0.25, 0.3) is 0 Å². The minimum atomic E-state index is -0.120. The Bertz CT molecular complexity index is 2690. The first-order chi connectivity index (χ1) is 23.7. The van der Waals surface area contributed by atoms with Crippen LogP contribution < -0.4 is 4.90 Å². The van der Waals surface area contributed by atoms with Gasteiger partial charge in [-0.05, 0) is 81.8 Å². The second kappa shape index (κ2) is 9.74. The fourth-order valence-electron chi connectivity index (χ4n) is 9.15. The van der Waals surface area contributed by atoms with Gasteiger partial charge in [0.2, 0.25) is 0 Å². The molecule has 1 heterocycles. The maximum absolute atomic E-state index is 6.65. The molecule has 49 heavy (non-hydrogen) atoms. The standard InChI is InChI=1S/C47H37NO/c1-28-14-12-23-42-43(28)35-27-41(32-16-6-7-17-33(32)45(35)49-42)48(29-24-25-31-30-15-8-10-19-36(30)47(4,5)39(31)26-29)40-22-13-21-38-44(40)34-18-9-11-20-37(34)46(38,2)3/h6-27H,1-5H3. The van der Waals surface area contributed by atoms with E-state index in [0.29, 0.717) is 0 Å². The lowest BCUT2D eigenvalue weighted by atomic mass is 9.82. The zero-order valence-corrected chi connectivity index (χ0v) is 28.6.